The van der Waals surface area contributed by atoms with Crippen molar-refractivity contribution in [1.29, 1.82) is 0 Å². The monoisotopic (exact) mass is 452 g/mol. The third kappa shape index (κ3) is 5.58. The lowest BCUT2D eigenvalue weighted by Gasteiger charge is -2.28. The molecule has 1 N–H and O–H groups in total. The van der Waals surface area contributed by atoms with Crippen LogP contribution in [0.15, 0.2) is 57.6 Å². The normalized spacial score (nSPS) is 21.8. The third-order valence-corrected chi connectivity index (χ3v) is 6.59. The maximum Gasteiger partial charge on any atom is 0.416 e. The van der Waals surface area contributed by atoms with E-state index in [1.807, 2.05) is 32.9 Å². The number of nitrogens with zero attached hydrogens (tertiary/aromatic N) is 2. The Morgan fingerprint density at radius 3 is 2.26 bits per heavy atom. The number of thioether (sulfide) groups is 1. The molecule has 166 valence electrons. The Bertz CT molecular complexity index is 951. The standard InChI is InChI=1S/C22H23F3N2O3S/c1-12-10-17(8-9-18(12)30-11-19(28)29)31-21(20-13(2)26-27-14(20)3)15-4-6-16(7-5-15)22(23,24)25/h4-10,13-14,20-21H,11H2,1-3H3,(H,28,29). The van der Waals surface area contributed by atoms with Gasteiger partial charge < -0.3 is 9.84 Å². The SMILES string of the molecule is Cc1cc(SC(c2ccc(C(F)(F)F)cc2)C2C(C)N=NC2C)ccc1OCC(=O)O. The van der Waals surface area contributed by atoms with E-state index in [0.717, 1.165) is 28.2 Å². The number of benzene rings is 2. The zero-order valence-corrected chi connectivity index (χ0v) is 18.1. The highest BCUT2D eigenvalue weighted by Crippen LogP contribution is 2.47. The van der Waals surface area contributed by atoms with Gasteiger partial charge >= 0.3 is 12.1 Å². The summed E-state index contributed by atoms with van der Waals surface area (Å²) >= 11 is 1.53. The number of halogens is 3. The topological polar surface area (TPSA) is 71.2 Å². The Balaban J connectivity index is 1.89. The second-order valence-corrected chi connectivity index (χ2v) is 8.77. The van der Waals surface area contributed by atoms with Gasteiger partial charge in [0.1, 0.15) is 5.75 Å². The van der Waals surface area contributed by atoms with Gasteiger partial charge in [0.2, 0.25) is 0 Å². The van der Waals surface area contributed by atoms with Gasteiger partial charge in [-0.15, -0.1) is 11.8 Å². The molecule has 0 saturated heterocycles. The highest BCUT2D eigenvalue weighted by molar-refractivity contribution is 7.99. The van der Waals surface area contributed by atoms with E-state index >= 15 is 0 Å². The molecule has 9 heteroatoms. The molecule has 5 nitrogen and oxygen atoms in total. The van der Waals surface area contributed by atoms with Crippen LogP contribution in [0.1, 0.15) is 35.8 Å². The van der Waals surface area contributed by atoms with Gasteiger partial charge in [-0.05, 0) is 62.2 Å². The van der Waals surface area contributed by atoms with Gasteiger partial charge in [0, 0.05) is 16.1 Å². The lowest BCUT2D eigenvalue weighted by molar-refractivity contribution is -0.139. The van der Waals surface area contributed by atoms with Gasteiger partial charge in [0.15, 0.2) is 6.61 Å². The van der Waals surface area contributed by atoms with Crippen molar-refractivity contribution in [3.8, 4) is 5.75 Å². The Hall–Kier alpha value is -2.55. The van der Waals surface area contributed by atoms with Crippen LogP contribution in [0.5, 0.6) is 5.75 Å². The number of carboxylic acids is 1. The molecule has 1 heterocycles. The van der Waals surface area contributed by atoms with Crippen LogP contribution < -0.4 is 4.74 Å². The number of rotatable bonds is 7. The maximum absolute atomic E-state index is 13.0. The second-order valence-electron chi connectivity index (χ2n) is 7.56. The van der Waals surface area contributed by atoms with Crippen molar-refractivity contribution < 1.29 is 27.8 Å². The quantitative estimate of drug-likeness (QED) is 0.510. The molecular formula is C22H23F3N2O3S. The van der Waals surface area contributed by atoms with E-state index in [1.54, 1.807) is 6.07 Å². The van der Waals surface area contributed by atoms with Gasteiger partial charge in [-0.2, -0.15) is 23.4 Å². The molecule has 0 radical (unpaired) electrons. The van der Waals surface area contributed by atoms with E-state index in [0.29, 0.717) is 5.75 Å². The predicted molar refractivity (Wildman–Crippen MR) is 112 cm³/mol. The molecule has 2 aromatic carbocycles. The van der Waals surface area contributed by atoms with Gasteiger partial charge in [-0.3, -0.25) is 0 Å². The average Bonchev–Trinajstić information content (AvgIpc) is 3.03. The number of hydrogen-bond acceptors (Lipinski definition) is 5. The molecule has 3 rings (SSSR count). The number of carboxylic acid groups (broad SMARTS) is 1. The molecule has 0 amide bonds. The van der Waals surface area contributed by atoms with Crippen LogP contribution in [0.3, 0.4) is 0 Å². The van der Waals surface area contributed by atoms with Crippen LogP contribution in [-0.2, 0) is 11.0 Å². The summed E-state index contributed by atoms with van der Waals surface area (Å²) in [4.78, 5) is 11.6. The summed E-state index contributed by atoms with van der Waals surface area (Å²) in [6.45, 7) is 5.31. The minimum Gasteiger partial charge on any atom is -0.482 e. The zero-order valence-electron chi connectivity index (χ0n) is 17.3. The Morgan fingerprint density at radius 2 is 1.74 bits per heavy atom. The van der Waals surface area contributed by atoms with Crippen molar-refractivity contribution in [3.05, 3.63) is 59.2 Å². The number of carbonyl (C=O) groups is 1. The first-order chi connectivity index (χ1) is 14.6. The van der Waals surface area contributed by atoms with Crippen LogP contribution in [0.2, 0.25) is 0 Å². The number of azo groups is 1. The number of aryl methyl sites for hydroxylation is 1. The molecule has 1 aliphatic rings. The number of ether oxygens (including phenoxy) is 1. The summed E-state index contributed by atoms with van der Waals surface area (Å²) < 4.78 is 44.3. The van der Waals surface area contributed by atoms with Crippen LogP contribution in [-0.4, -0.2) is 29.8 Å². The molecule has 1 aliphatic heterocycles. The van der Waals surface area contributed by atoms with Crippen LogP contribution in [0.25, 0.3) is 0 Å². The minimum atomic E-state index is -4.39. The lowest BCUT2D eigenvalue weighted by Crippen LogP contribution is -2.25. The molecule has 2 aromatic rings. The first kappa shape index (κ1) is 23.1. The Morgan fingerprint density at radius 1 is 1.13 bits per heavy atom. The van der Waals surface area contributed by atoms with Crippen molar-refractivity contribution in [1.82, 2.24) is 0 Å². The van der Waals surface area contributed by atoms with Crippen molar-refractivity contribution in [2.24, 2.45) is 16.1 Å². The fraction of sp³-hybridized carbons (Fsp3) is 0.409. The summed E-state index contributed by atoms with van der Waals surface area (Å²) in [6.07, 6.45) is -4.39. The zero-order chi connectivity index (χ0) is 22.8. The summed E-state index contributed by atoms with van der Waals surface area (Å²) in [5.74, 6) is -0.563. The summed E-state index contributed by atoms with van der Waals surface area (Å²) in [6, 6.07) is 10.6. The highest BCUT2D eigenvalue weighted by atomic mass is 32.2. The van der Waals surface area contributed by atoms with Gasteiger partial charge in [-0.25, -0.2) is 4.79 Å². The molecule has 0 aromatic heterocycles. The number of alkyl halides is 3. The van der Waals surface area contributed by atoms with Gasteiger partial charge in [0.05, 0.1) is 17.6 Å². The van der Waals surface area contributed by atoms with E-state index in [4.69, 9.17) is 9.84 Å². The largest absolute Gasteiger partial charge is 0.482 e. The summed E-state index contributed by atoms with van der Waals surface area (Å²) in [5.41, 5.74) is 0.870. The fourth-order valence-electron chi connectivity index (χ4n) is 3.65. The molecule has 31 heavy (non-hydrogen) atoms. The third-order valence-electron chi connectivity index (χ3n) is 5.22. The van der Waals surface area contributed by atoms with E-state index in [9.17, 15) is 18.0 Å². The molecule has 0 saturated carbocycles. The lowest BCUT2D eigenvalue weighted by atomic mass is 9.88. The van der Waals surface area contributed by atoms with Crippen LogP contribution in [0, 0.1) is 12.8 Å². The van der Waals surface area contributed by atoms with Crippen molar-refractivity contribution in [2.75, 3.05) is 6.61 Å². The number of aliphatic carboxylic acids is 1. The smallest absolute Gasteiger partial charge is 0.416 e. The van der Waals surface area contributed by atoms with Gasteiger partial charge in [0.25, 0.3) is 0 Å². The average molecular weight is 452 g/mol. The molecule has 0 spiro atoms. The molecule has 0 fully saturated rings. The Kier molecular flexibility index (Phi) is 6.93. The number of hydrogen-bond donors (Lipinski definition) is 1. The van der Waals surface area contributed by atoms with Crippen LogP contribution in [0.4, 0.5) is 13.2 Å². The summed E-state index contributed by atoms with van der Waals surface area (Å²) in [5, 5.41) is 17.2. The predicted octanol–water partition coefficient (Wildman–Crippen LogP) is 6.17. The van der Waals surface area contributed by atoms with Crippen molar-refractivity contribution >= 4 is 17.7 Å². The Labute approximate surface area is 182 Å². The van der Waals surface area contributed by atoms with Gasteiger partial charge in [-0.1, -0.05) is 12.1 Å². The maximum atomic E-state index is 13.0. The molecule has 3 unspecified atom stereocenters. The van der Waals surface area contributed by atoms with Crippen LogP contribution >= 0.6 is 11.8 Å². The fourth-order valence-corrected chi connectivity index (χ4v) is 5.24. The molecule has 3 atom stereocenters. The highest BCUT2D eigenvalue weighted by Gasteiger charge is 2.38. The van der Waals surface area contributed by atoms with E-state index in [2.05, 4.69) is 10.2 Å². The van der Waals surface area contributed by atoms with E-state index < -0.39 is 24.3 Å². The molecule has 0 aliphatic carbocycles. The minimum absolute atomic E-state index is 0.0185. The molecular weight excluding hydrogens is 429 g/mol. The van der Waals surface area contributed by atoms with Crippen molar-refractivity contribution in [2.45, 2.75) is 49.2 Å². The first-order valence-electron chi connectivity index (χ1n) is 9.75. The summed E-state index contributed by atoms with van der Waals surface area (Å²) in [7, 11) is 0. The van der Waals surface area contributed by atoms with E-state index in [-0.39, 0.29) is 23.3 Å². The molecule has 0 bridgehead atoms. The first-order valence-corrected chi connectivity index (χ1v) is 10.6. The van der Waals surface area contributed by atoms with Crippen molar-refractivity contribution in [3.63, 3.8) is 0 Å². The van der Waals surface area contributed by atoms with E-state index in [1.165, 1.54) is 23.9 Å². The second kappa shape index (κ2) is 9.30.